The number of aryl methyl sites for hydroxylation is 1. The van der Waals surface area contributed by atoms with Crippen LogP contribution in [0, 0.1) is 6.92 Å². The van der Waals surface area contributed by atoms with Crippen LogP contribution in [0.5, 0.6) is 0 Å². The number of morpholine rings is 1. The van der Waals surface area contributed by atoms with Crippen molar-refractivity contribution >= 4 is 11.3 Å². The van der Waals surface area contributed by atoms with E-state index in [1.54, 1.807) is 17.6 Å². The van der Waals surface area contributed by atoms with Gasteiger partial charge < -0.3 is 13.6 Å². The molecule has 23 heavy (non-hydrogen) atoms. The summed E-state index contributed by atoms with van der Waals surface area (Å²) >= 11 is 1.68. The van der Waals surface area contributed by atoms with Gasteiger partial charge in [-0.3, -0.25) is 4.90 Å². The Hall–Kier alpha value is -1.89. The van der Waals surface area contributed by atoms with Crippen molar-refractivity contribution in [3.05, 3.63) is 53.1 Å². The second-order valence-corrected chi connectivity index (χ2v) is 6.77. The van der Waals surface area contributed by atoms with Crippen molar-refractivity contribution in [3.63, 3.8) is 0 Å². The molecule has 0 unspecified atom stereocenters. The maximum absolute atomic E-state index is 5.80. The van der Waals surface area contributed by atoms with E-state index in [1.165, 1.54) is 4.88 Å². The van der Waals surface area contributed by atoms with Crippen molar-refractivity contribution in [1.82, 2.24) is 9.88 Å². The molecular formula is C17H18N2O3S. The standard InChI is InChI=1S/C17H18N2O3S/c1-12-4-5-15(22-12)17-18-9-13(23-17)10-19-6-8-21-16(11-19)14-3-2-7-20-14/h2-5,7,9,16H,6,8,10-11H2,1H3/t16-/m0/s1. The van der Waals surface area contributed by atoms with Crippen molar-refractivity contribution < 1.29 is 13.6 Å². The van der Waals surface area contributed by atoms with Gasteiger partial charge in [-0.25, -0.2) is 4.98 Å². The Balaban J connectivity index is 1.43. The van der Waals surface area contributed by atoms with Gasteiger partial charge in [-0.1, -0.05) is 0 Å². The first kappa shape index (κ1) is 14.7. The third kappa shape index (κ3) is 3.24. The van der Waals surface area contributed by atoms with Gasteiger partial charge in [0, 0.05) is 30.7 Å². The van der Waals surface area contributed by atoms with E-state index < -0.39 is 0 Å². The molecule has 4 heterocycles. The Morgan fingerprint density at radius 2 is 2.30 bits per heavy atom. The van der Waals surface area contributed by atoms with E-state index in [9.17, 15) is 0 Å². The van der Waals surface area contributed by atoms with Crippen LogP contribution in [0.2, 0.25) is 0 Å². The normalized spacial score (nSPS) is 19.3. The molecule has 0 saturated carbocycles. The summed E-state index contributed by atoms with van der Waals surface area (Å²) in [6.07, 6.45) is 3.65. The minimum atomic E-state index is 0.0128. The van der Waals surface area contributed by atoms with Crippen LogP contribution in [0.3, 0.4) is 0 Å². The summed E-state index contributed by atoms with van der Waals surface area (Å²) < 4.78 is 16.9. The Kier molecular flexibility index (Phi) is 4.03. The number of hydrogen-bond donors (Lipinski definition) is 0. The maximum Gasteiger partial charge on any atom is 0.162 e. The van der Waals surface area contributed by atoms with E-state index in [2.05, 4.69) is 9.88 Å². The van der Waals surface area contributed by atoms with Crippen LogP contribution in [-0.2, 0) is 11.3 Å². The van der Waals surface area contributed by atoms with Gasteiger partial charge in [-0.05, 0) is 31.2 Å². The number of furan rings is 2. The number of nitrogens with zero attached hydrogens (tertiary/aromatic N) is 2. The first-order chi connectivity index (χ1) is 11.3. The van der Waals surface area contributed by atoms with Gasteiger partial charge in [-0.15, -0.1) is 11.3 Å². The van der Waals surface area contributed by atoms with Crippen molar-refractivity contribution in [1.29, 1.82) is 0 Å². The fraction of sp³-hybridized carbons (Fsp3) is 0.353. The molecule has 0 N–H and O–H groups in total. The summed E-state index contributed by atoms with van der Waals surface area (Å²) in [5, 5.41) is 0.934. The molecule has 4 rings (SSSR count). The molecule has 0 bridgehead atoms. The van der Waals surface area contributed by atoms with Crippen LogP contribution in [0.25, 0.3) is 10.8 Å². The third-order valence-corrected chi connectivity index (χ3v) is 4.89. The average Bonchev–Trinajstić information content (AvgIpc) is 3.28. The van der Waals surface area contributed by atoms with Crippen molar-refractivity contribution in [2.75, 3.05) is 19.7 Å². The zero-order chi connectivity index (χ0) is 15.6. The van der Waals surface area contributed by atoms with Gasteiger partial charge in [0.05, 0.1) is 12.9 Å². The third-order valence-electron chi connectivity index (χ3n) is 3.90. The van der Waals surface area contributed by atoms with Crippen LogP contribution in [0.15, 0.2) is 45.6 Å². The smallest absolute Gasteiger partial charge is 0.162 e. The first-order valence-electron chi connectivity index (χ1n) is 7.67. The van der Waals surface area contributed by atoms with Crippen molar-refractivity contribution in [2.24, 2.45) is 0 Å². The monoisotopic (exact) mass is 330 g/mol. The molecule has 3 aromatic rings. The quantitative estimate of drug-likeness (QED) is 0.726. The molecule has 1 atom stereocenters. The predicted octanol–water partition coefficient (Wildman–Crippen LogP) is 3.88. The van der Waals surface area contributed by atoms with Crippen LogP contribution < -0.4 is 0 Å². The minimum absolute atomic E-state index is 0.0128. The molecule has 0 radical (unpaired) electrons. The molecule has 3 aromatic heterocycles. The second kappa shape index (κ2) is 6.31. The molecule has 5 nitrogen and oxygen atoms in total. The zero-order valence-corrected chi connectivity index (χ0v) is 13.7. The van der Waals surface area contributed by atoms with E-state index in [4.69, 9.17) is 13.6 Å². The Morgan fingerprint density at radius 3 is 3.09 bits per heavy atom. The molecule has 0 spiro atoms. The van der Waals surface area contributed by atoms with E-state index in [-0.39, 0.29) is 6.10 Å². The Labute approximate surface area is 138 Å². The number of rotatable bonds is 4. The molecule has 0 aliphatic carbocycles. The van der Waals surface area contributed by atoms with Crippen molar-refractivity contribution in [3.8, 4) is 10.8 Å². The van der Waals surface area contributed by atoms with Gasteiger partial charge in [0.25, 0.3) is 0 Å². The molecule has 0 aromatic carbocycles. The van der Waals surface area contributed by atoms with Crippen LogP contribution in [0.4, 0.5) is 0 Å². The highest BCUT2D eigenvalue weighted by atomic mass is 32.1. The zero-order valence-electron chi connectivity index (χ0n) is 12.9. The minimum Gasteiger partial charge on any atom is -0.467 e. The number of thiazole rings is 1. The molecule has 120 valence electrons. The topological polar surface area (TPSA) is 51.6 Å². The summed E-state index contributed by atoms with van der Waals surface area (Å²) in [4.78, 5) is 8.09. The fourth-order valence-corrected chi connectivity index (χ4v) is 3.67. The van der Waals surface area contributed by atoms with Crippen LogP contribution in [0.1, 0.15) is 22.5 Å². The van der Waals surface area contributed by atoms with E-state index in [0.29, 0.717) is 6.61 Å². The lowest BCUT2D eigenvalue weighted by Gasteiger charge is -2.31. The summed E-state index contributed by atoms with van der Waals surface area (Å²) in [7, 11) is 0. The lowest BCUT2D eigenvalue weighted by molar-refractivity contribution is -0.0425. The van der Waals surface area contributed by atoms with E-state index in [1.807, 2.05) is 37.4 Å². The molecule has 6 heteroatoms. The second-order valence-electron chi connectivity index (χ2n) is 5.65. The van der Waals surface area contributed by atoms with E-state index >= 15 is 0 Å². The lowest BCUT2D eigenvalue weighted by atomic mass is 10.2. The van der Waals surface area contributed by atoms with Crippen molar-refractivity contribution in [2.45, 2.75) is 19.6 Å². The fourth-order valence-electron chi connectivity index (χ4n) is 2.76. The SMILES string of the molecule is Cc1ccc(-c2ncc(CN3CCO[C@H](c4ccco4)C3)s2)o1. The summed E-state index contributed by atoms with van der Waals surface area (Å²) in [5.74, 6) is 2.64. The summed E-state index contributed by atoms with van der Waals surface area (Å²) in [5.41, 5.74) is 0. The molecule has 1 aliphatic rings. The highest BCUT2D eigenvalue weighted by molar-refractivity contribution is 7.14. The Morgan fingerprint density at radius 1 is 1.35 bits per heavy atom. The maximum atomic E-state index is 5.80. The number of aromatic nitrogens is 1. The molecule has 0 amide bonds. The predicted molar refractivity (Wildman–Crippen MR) is 87.2 cm³/mol. The van der Waals surface area contributed by atoms with Gasteiger partial charge >= 0.3 is 0 Å². The highest BCUT2D eigenvalue weighted by Gasteiger charge is 2.24. The lowest BCUT2D eigenvalue weighted by Crippen LogP contribution is -2.37. The number of ether oxygens (including phenoxy) is 1. The highest BCUT2D eigenvalue weighted by Crippen LogP contribution is 2.29. The summed E-state index contributed by atoms with van der Waals surface area (Å²) in [6, 6.07) is 7.81. The molecular weight excluding hydrogens is 312 g/mol. The average molecular weight is 330 g/mol. The summed E-state index contributed by atoms with van der Waals surface area (Å²) in [6.45, 7) is 5.29. The van der Waals surface area contributed by atoms with Gasteiger partial charge in [0.2, 0.25) is 0 Å². The largest absolute Gasteiger partial charge is 0.467 e. The number of hydrogen-bond acceptors (Lipinski definition) is 6. The van der Waals surface area contributed by atoms with Gasteiger partial charge in [-0.2, -0.15) is 0 Å². The van der Waals surface area contributed by atoms with E-state index in [0.717, 1.165) is 41.9 Å². The van der Waals surface area contributed by atoms with Gasteiger partial charge in [0.15, 0.2) is 10.8 Å². The molecule has 1 aliphatic heterocycles. The first-order valence-corrected chi connectivity index (χ1v) is 8.48. The van der Waals surface area contributed by atoms with Gasteiger partial charge in [0.1, 0.15) is 17.6 Å². The van der Waals surface area contributed by atoms with Crippen LogP contribution >= 0.6 is 11.3 Å². The van der Waals surface area contributed by atoms with Crippen LogP contribution in [-0.4, -0.2) is 29.6 Å². The Bertz CT molecular complexity index is 763. The molecule has 1 saturated heterocycles. The molecule has 1 fully saturated rings.